The molecule has 0 amide bonds. The van der Waals surface area contributed by atoms with Crippen LogP contribution in [-0.4, -0.2) is 18.1 Å². The van der Waals surface area contributed by atoms with E-state index in [0.717, 1.165) is 0 Å². The van der Waals surface area contributed by atoms with Crippen molar-refractivity contribution in [3.63, 3.8) is 0 Å². The maximum absolute atomic E-state index is 10.6. The van der Waals surface area contributed by atoms with Crippen LogP contribution in [0.25, 0.3) is 0 Å². The van der Waals surface area contributed by atoms with Gasteiger partial charge < -0.3 is 5.11 Å². The molecule has 1 aromatic carbocycles. The Bertz CT molecular complexity index is 448. The average Bonchev–Trinajstić information content (AvgIpc) is 2.01. The summed E-state index contributed by atoms with van der Waals surface area (Å²) in [5.74, 6) is 0. The van der Waals surface area contributed by atoms with E-state index in [-0.39, 0.29) is 40.1 Å². The predicted molar refractivity (Wildman–Crippen MR) is 53.0 cm³/mol. The predicted octanol–water partition coefficient (Wildman–Crippen LogP) is -1.12. The van der Waals surface area contributed by atoms with Gasteiger partial charge in [0.2, 0.25) is 5.44 Å². The molecule has 0 radical (unpaired) electrons. The number of hydrogen-bond acceptors (Lipinski definition) is 3. The van der Waals surface area contributed by atoms with E-state index in [0.29, 0.717) is 5.02 Å². The third-order valence-corrected chi connectivity index (χ3v) is 2.89. The van der Waals surface area contributed by atoms with Gasteiger partial charge in [-0.05, 0) is 12.1 Å². The van der Waals surface area contributed by atoms with Crippen LogP contribution in [0.15, 0.2) is 18.2 Å². The molecule has 78 valence electrons. The number of aliphatic hydroxyl groups is 1. The van der Waals surface area contributed by atoms with Crippen molar-refractivity contribution in [1.29, 1.82) is 0 Å². The molecule has 0 saturated heterocycles. The van der Waals surface area contributed by atoms with E-state index < -0.39 is 15.6 Å². The minimum atomic E-state index is -4.56. The van der Waals surface area contributed by atoms with E-state index in [1.165, 1.54) is 18.2 Å². The zero-order valence-electron chi connectivity index (χ0n) is 7.68. The molecular weight excluding hydrogens is 274 g/mol. The third-order valence-electron chi connectivity index (χ3n) is 1.51. The fourth-order valence-electron chi connectivity index (χ4n) is 0.862. The van der Waals surface area contributed by atoms with E-state index in [9.17, 15) is 8.42 Å². The molecule has 8 heteroatoms. The van der Waals surface area contributed by atoms with E-state index in [2.05, 4.69) is 0 Å². The average molecular weight is 280 g/mol. The molecule has 1 unspecified atom stereocenters. The molecule has 15 heavy (non-hydrogen) atoms. The van der Waals surface area contributed by atoms with Crippen molar-refractivity contribution in [3.05, 3.63) is 33.8 Å². The smallest absolute Gasteiger partial charge is 0.371 e. The van der Waals surface area contributed by atoms with Gasteiger partial charge >= 0.3 is 29.6 Å². The van der Waals surface area contributed by atoms with Gasteiger partial charge in [-0.3, -0.25) is 4.55 Å². The van der Waals surface area contributed by atoms with Crippen molar-refractivity contribution in [1.82, 2.24) is 0 Å². The number of benzene rings is 1. The monoisotopic (exact) mass is 279 g/mol. The summed E-state index contributed by atoms with van der Waals surface area (Å²) in [6.45, 7) is 0. The molecule has 0 aliphatic carbocycles. The van der Waals surface area contributed by atoms with Crippen LogP contribution in [-0.2, 0) is 10.1 Å². The minimum Gasteiger partial charge on any atom is -0.371 e. The van der Waals surface area contributed by atoms with E-state index in [4.69, 9.17) is 32.9 Å². The number of halogens is 2. The van der Waals surface area contributed by atoms with Crippen LogP contribution in [0.3, 0.4) is 0 Å². The third kappa shape index (κ3) is 4.20. The molecule has 0 fully saturated rings. The fourth-order valence-corrected chi connectivity index (χ4v) is 1.97. The van der Waals surface area contributed by atoms with Crippen molar-refractivity contribution in [2.75, 3.05) is 0 Å². The van der Waals surface area contributed by atoms with Gasteiger partial charge in [0, 0.05) is 15.6 Å². The summed E-state index contributed by atoms with van der Waals surface area (Å²) in [6, 6.07) is 3.85. The maximum atomic E-state index is 10.6. The molecule has 4 nitrogen and oxygen atoms in total. The Morgan fingerprint density at radius 2 is 1.80 bits per heavy atom. The fraction of sp³-hybridized carbons (Fsp3) is 0.143. The summed E-state index contributed by atoms with van der Waals surface area (Å²) in [5, 5.41) is 9.44. The van der Waals surface area contributed by atoms with Gasteiger partial charge in [0.25, 0.3) is 10.1 Å². The Balaban J connectivity index is 0.00000196. The van der Waals surface area contributed by atoms with Gasteiger partial charge in [0.15, 0.2) is 0 Å². The van der Waals surface area contributed by atoms with E-state index in [1.54, 1.807) is 0 Å². The molecule has 0 spiro atoms. The van der Waals surface area contributed by atoms with Gasteiger partial charge in [-0.15, -0.1) is 0 Å². The van der Waals surface area contributed by atoms with Crippen LogP contribution in [0.2, 0.25) is 10.0 Å². The SMILES string of the molecule is O=S(=O)(O)C(O)c1ccc(Cl)cc1Cl.[Na+]. The molecule has 1 rings (SSSR count). The normalized spacial score (nSPS) is 13.1. The molecule has 0 heterocycles. The molecule has 0 aliphatic heterocycles. The van der Waals surface area contributed by atoms with Crippen molar-refractivity contribution < 1.29 is 47.6 Å². The summed E-state index contributed by atoms with van der Waals surface area (Å²) in [6.07, 6.45) is 0. The first-order chi connectivity index (χ1) is 6.32. The number of aliphatic hydroxyl groups excluding tert-OH is 1. The summed E-state index contributed by atoms with van der Waals surface area (Å²) >= 11 is 11.2. The first kappa shape index (κ1) is 15.7. The van der Waals surface area contributed by atoms with Crippen LogP contribution < -0.4 is 29.6 Å². The van der Waals surface area contributed by atoms with Crippen LogP contribution in [0.5, 0.6) is 0 Å². The summed E-state index contributed by atoms with van der Waals surface area (Å²) in [5.41, 5.74) is -2.16. The first-order valence-corrected chi connectivity index (χ1v) is 5.67. The molecule has 0 aliphatic rings. The molecular formula is C7H6Cl2NaO4S+. The second-order valence-corrected chi connectivity index (χ2v) is 4.85. The van der Waals surface area contributed by atoms with Crippen LogP contribution in [0.1, 0.15) is 11.0 Å². The van der Waals surface area contributed by atoms with Crippen LogP contribution in [0.4, 0.5) is 0 Å². The molecule has 1 aromatic rings. The van der Waals surface area contributed by atoms with Gasteiger partial charge in [-0.1, -0.05) is 29.3 Å². The van der Waals surface area contributed by atoms with Crippen molar-refractivity contribution in [2.24, 2.45) is 0 Å². The molecule has 0 saturated carbocycles. The Labute approximate surface area is 119 Å². The quantitative estimate of drug-likeness (QED) is 0.531. The van der Waals surface area contributed by atoms with E-state index >= 15 is 0 Å². The van der Waals surface area contributed by atoms with Crippen molar-refractivity contribution >= 4 is 33.3 Å². The van der Waals surface area contributed by atoms with Crippen molar-refractivity contribution in [2.45, 2.75) is 5.44 Å². The Morgan fingerprint density at radius 1 is 1.27 bits per heavy atom. The zero-order valence-corrected chi connectivity index (χ0v) is 12.0. The molecule has 0 aromatic heterocycles. The molecule has 1 atom stereocenters. The van der Waals surface area contributed by atoms with Gasteiger partial charge in [-0.2, -0.15) is 8.42 Å². The Kier molecular flexibility index (Phi) is 6.10. The summed E-state index contributed by atoms with van der Waals surface area (Å²) in [4.78, 5) is 0. The van der Waals surface area contributed by atoms with Crippen molar-refractivity contribution in [3.8, 4) is 0 Å². The Morgan fingerprint density at radius 3 is 2.20 bits per heavy atom. The van der Waals surface area contributed by atoms with Gasteiger partial charge in [0.05, 0.1) is 0 Å². The standard InChI is InChI=1S/C7H6Cl2O4S.Na/c8-4-1-2-5(6(9)3-4)7(10)14(11,12)13;/h1-3,7,10H,(H,11,12,13);/q;+1. The largest absolute Gasteiger partial charge is 1.00 e. The number of hydrogen-bond donors (Lipinski definition) is 2. The zero-order chi connectivity index (χ0) is 10.9. The second kappa shape index (κ2) is 5.84. The molecule has 0 bridgehead atoms. The molecule has 2 N–H and O–H groups in total. The second-order valence-electron chi connectivity index (χ2n) is 2.53. The van der Waals surface area contributed by atoms with Crippen LogP contribution >= 0.6 is 23.2 Å². The maximum Gasteiger partial charge on any atom is 1.00 e. The van der Waals surface area contributed by atoms with E-state index in [1.807, 2.05) is 0 Å². The summed E-state index contributed by atoms with van der Waals surface area (Å²) in [7, 11) is -4.56. The number of rotatable bonds is 2. The Hall–Kier alpha value is 0.670. The topological polar surface area (TPSA) is 74.6 Å². The summed E-state index contributed by atoms with van der Waals surface area (Å²) < 4.78 is 29.7. The van der Waals surface area contributed by atoms with Crippen LogP contribution in [0, 0.1) is 0 Å². The van der Waals surface area contributed by atoms with Gasteiger partial charge in [-0.25, -0.2) is 0 Å². The van der Waals surface area contributed by atoms with Gasteiger partial charge in [0.1, 0.15) is 0 Å². The first-order valence-electron chi connectivity index (χ1n) is 3.41. The minimum absolute atomic E-state index is 0.